The van der Waals surface area contributed by atoms with Gasteiger partial charge in [0.15, 0.2) is 11.6 Å². The first-order chi connectivity index (χ1) is 31.3. The third kappa shape index (κ3) is 5.41. The van der Waals surface area contributed by atoms with Crippen LogP contribution in [0.3, 0.4) is 0 Å². The summed E-state index contributed by atoms with van der Waals surface area (Å²) in [6, 6.07) is 77.4. The number of rotatable bonds is 6. The van der Waals surface area contributed by atoms with Crippen LogP contribution in [0.2, 0.25) is 0 Å². The van der Waals surface area contributed by atoms with Crippen molar-refractivity contribution in [2.45, 2.75) is 0 Å². The van der Waals surface area contributed by atoms with Crippen LogP contribution in [0.4, 0.5) is 0 Å². The minimum absolute atomic E-state index is 0.556. The summed E-state index contributed by atoms with van der Waals surface area (Å²) in [7, 11) is 0. The molecular weight excluding hydrogens is 769 g/mol. The van der Waals surface area contributed by atoms with E-state index in [2.05, 4.69) is 196 Å². The molecule has 4 heterocycles. The molecule has 9 aromatic carbocycles. The van der Waals surface area contributed by atoms with Crippen LogP contribution in [0.5, 0.6) is 0 Å². The van der Waals surface area contributed by atoms with E-state index in [4.69, 9.17) is 15.0 Å². The lowest BCUT2D eigenvalue weighted by molar-refractivity contribution is 0.953. The van der Waals surface area contributed by atoms with Gasteiger partial charge >= 0.3 is 0 Å². The first-order valence-electron chi connectivity index (χ1n) is 21.3. The van der Waals surface area contributed by atoms with E-state index < -0.39 is 0 Å². The van der Waals surface area contributed by atoms with Gasteiger partial charge in [-0.1, -0.05) is 176 Å². The molecule has 294 valence electrons. The van der Waals surface area contributed by atoms with Crippen LogP contribution in [0.15, 0.2) is 218 Å². The molecule has 4 aromatic heterocycles. The fourth-order valence-corrected chi connectivity index (χ4v) is 9.76. The van der Waals surface area contributed by atoms with Crippen LogP contribution in [0, 0.1) is 0 Å². The van der Waals surface area contributed by atoms with Gasteiger partial charge in [0.25, 0.3) is 0 Å². The Bertz CT molecular complexity index is 3790. The standard InChI is InChI=1S/C57H36N6/c1-4-19-37(20-5-1)40-25-18-26-41(35-40)61-47-31-14-12-29-44(47)46-36-51-52(54(53(46)61)62-48-32-15-10-27-42(48)43-28-11-16-33-49(43)62)45-30-13-17-34-50(45)63(51)57-59-55(38-21-6-2-7-22-38)58-56(60-57)39-23-8-3-9-24-39/h1-36H. The van der Waals surface area contributed by atoms with Crippen molar-refractivity contribution < 1.29 is 0 Å². The summed E-state index contributed by atoms with van der Waals surface area (Å²) in [6.07, 6.45) is 0. The molecule has 0 amide bonds. The minimum Gasteiger partial charge on any atom is -0.307 e. The summed E-state index contributed by atoms with van der Waals surface area (Å²) in [5.41, 5.74) is 12.9. The van der Waals surface area contributed by atoms with E-state index in [1.54, 1.807) is 0 Å². The molecule has 0 fully saturated rings. The fraction of sp³-hybridized carbons (Fsp3) is 0. The Hall–Kier alpha value is -8.61. The first kappa shape index (κ1) is 35.2. The van der Waals surface area contributed by atoms with E-state index in [0.29, 0.717) is 17.6 Å². The molecule has 0 aliphatic heterocycles. The van der Waals surface area contributed by atoms with Gasteiger partial charge in [-0.15, -0.1) is 0 Å². The molecule has 0 N–H and O–H groups in total. The van der Waals surface area contributed by atoms with E-state index >= 15 is 0 Å². The van der Waals surface area contributed by atoms with E-state index in [0.717, 1.165) is 82.7 Å². The summed E-state index contributed by atoms with van der Waals surface area (Å²) in [5.74, 6) is 1.79. The summed E-state index contributed by atoms with van der Waals surface area (Å²) < 4.78 is 7.23. The topological polar surface area (TPSA) is 53.5 Å². The zero-order valence-electron chi connectivity index (χ0n) is 34.0. The largest absolute Gasteiger partial charge is 0.307 e. The normalized spacial score (nSPS) is 11.8. The summed E-state index contributed by atoms with van der Waals surface area (Å²) in [5, 5.41) is 6.90. The molecule has 0 unspecified atom stereocenters. The number of para-hydroxylation sites is 4. The minimum atomic E-state index is 0.556. The molecule has 0 spiro atoms. The van der Waals surface area contributed by atoms with Crippen molar-refractivity contribution in [1.82, 2.24) is 28.7 Å². The van der Waals surface area contributed by atoms with Crippen LogP contribution in [-0.4, -0.2) is 28.7 Å². The van der Waals surface area contributed by atoms with Gasteiger partial charge in [-0.05, 0) is 53.6 Å². The van der Waals surface area contributed by atoms with Crippen molar-refractivity contribution >= 4 is 65.4 Å². The Labute approximate surface area is 362 Å². The van der Waals surface area contributed by atoms with Crippen molar-refractivity contribution in [1.29, 1.82) is 0 Å². The van der Waals surface area contributed by atoms with E-state index in [1.165, 1.54) is 16.3 Å². The number of hydrogen-bond acceptors (Lipinski definition) is 3. The van der Waals surface area contributed by atoms with Crippen molar-refractivity contribution in [3.8, 4) is 51.2 Å². The maximum absolute atomic E-state index is 5.33. The second kappa shape index (κ2) is 14.0. The van der Waals surface area contributed by atoms with E-state index in [9.17, 15) is 0 Å². The predicted molar refractivity (Wildman–Crippen MR) is 259 cm³/mol. The van der Waals surface area contributed by atoms with Crippen LogP contribution in [0.25, 0.3) is 117 Å². The zero-order chi connectivity index (χ0) is 41.4. The first-order valence-corrected chi connectivity index (χ1v) is 21.3. The molecule has 0 bridgehead atoms. The Balaban J connectivity index is 1.24. The Morgan fingerprint density at radius 2 is 0.730 bits per heavy atom. The Morgan fingerprint density at radius 1 is 0.286 bits per heavy atom. The maximum atomic E-state index is 5.33. The lowest BCUT2D eigenvalue weighted by atomic mass is 10.0. The summed E-state index contributed by atoms with van der Waals surface area (Å²) in [4.78, 5) is 15.7. The van der Waals surface area contributed by atoms with Gasteiger partial charge in [0.05, 0.1) is 38.8 Å². The molecule has 0 saturated heterocycles. The highest BCUT2D eigenvalue weighted by atomic mass is 15.2. The maximum Gasteiger partial charge on any atom is 0.238 e. The van der Waals surface area contributed by atoms with Crippen molar-refractivity contribution in [2.75, 3.05) is 0 Å². The molecule has 0 saturated carbocycles. The van der Waals surface area contributed by atoms with Crippen LogP contribution in [-0.2, 0) is 0 Å². The molecule has 0 aliphatic carbocycles. The van der Waals surface area contributed by atoms with Gasteiger partial charge < -0.3 is 9.13 Å². The molecule has 6 nitrogen and oxygen atoms in total. The highest BCUT2D eigenvalue weighted by Crippen LogP contribution is 2.47. The fourth-order valence-electron chi connectivity index (χ4n) is 9.76. The number of nitrogens with zero attached hydrogens (tertiary/aromatic N) is 6. The monoisotopic (exact) mass is 804 g/mol. The van der Waals surface area contributed by atoms with Gasteiger partial charge in [0.2, 0.25) is 5.95 Å². The van der Waals surface area contributed by atoms with E-state index in [-0.39, 0.29) is 0 Å². The molecule has 0 radical (unpaired) electrons. The number of hydrogen-bond donors (Lipinski definition) is 0. The Kier molecular flexibility index (Phi) is 7.80. The molecule has 13 aromatic rings. The van der Waals surface area contributed by atoms with Crippen molar-refractivity contribution in [2.24, 2.45) is 0 Å². The van der Waals surface area contributed by atoms with Gasteiger partial charge in [-0.3, -0.25) is 4.57 Å². The number of benzene rings is 9. The molecule has 0 atom stereocenters. The average molecular weight is 805 g/mol. The number of fused-ring (bicyclic) bond motifs is 9. The van der Waals surface area contributed by atoms with Crippen molar-refractivity contribution in [3.05, 3.63) is 218 Å². The second-order valence-corrected chi connectivity index (χ2v) is 16.0. The van der Waals surface area contributed by atoms with Gasteiger partial charge in [0, 0.05) is 49.1 Å². The third-order valence-electron chi connectivity index (χ3n) is 12.5. The quantitative estimate of drug-likeness (QED) is 0.168. The van der Waals surface area contributed by atoms with E-state index in [1.807, 2.05) is 36.4 Å². The molecule has 0 aliphatic rings. The summed E-state index contributed by atoms with van der Waals surface area (Å²) in [6.45, 7) is 0. The van der Waals surface area contributed by atoms with Gasteiger partial charge in [-0.25, -0.2) is 4.98 Å². The lowest BCUT2D eigenvalue weighted by Gasteiger charge is -2.17. The van der Waals surface area contributed by atoms with Gasteiger partial charge in [-0.2, -0.15) is 9.97 Å². The molecule has 13 rings (SSSR count). The van der Waals surface area contributed by atoms with Crippen molar-refractivity contribution in [3.63, 3.8) is 0 Å². The third-order valence-corrected chi connectivity index (χ3v) is 12.5. The highest BCUT2D eigenvalue weighted by molar-refractivity contribution is 6.26. The second-order valence-electron chi connectivity index (χ2n) is 16.0. The predicted octanol–water partition coefficient (Wildman–Crippen LogP) is 14.2. The van der Waals surface area contributed by atoms with Crippen LogP contribution in [0.1, 0.15) is 0 Å². The smallest absolute Gasteiger partial charge is 0.238 e. The SMILES string of the molecule is c1ccc(-c2cccc(-n3c4ccccc4c4cc5c(c(-n6c7ccccc7c7ccccc76)c43)c3ccccc3n5-c3nc(-c4ccccc4)nc(-c4ccccc4)n3)c2)cc1. The van der Waals surface area contributed by atoms with Crippen LogP contribution < -0.4 is 0 Å². The zero-order valence-corrected chi connectivity index (χ0v) is 34.0. The highest BCUT2D eigenvalue weighted by Gasteiger charge is 2.27. The average Bonchev–Trinajstić information content (AvgIpc) is 4.00. The number of aromatic nitrogens is 6. The summed E-state index contributed by atoms with van der Waals surface area (Å²) >= 11 is 0. The molecule has 63 heavy (non-hydrogen) atoms. The Morgan fingerprint density at radius 3 is 1.30 bits per heavy atom. The molecule has 6 heteroatoms. The molecular formula is C57H36N6. The van der Waals surface area contributed by atoms with Gasteiger partial charge in [0.1, 0.15) is 0 Å². The lowest BCUT2D eigenvalue weighted by Crippen LogP contribution is -2.07. The van der Waals surface area contributed by atoms with Crippen LogP contribution >= 0.6 is 0 Å².